The van der Waals surface area contributed by atoms with E-state index >= 15 is 0 Å². The maximum atomic E-state index is 14.0. The van der Waals surface area contributed by atoms with Gasteiger partial charge in [0.1, 0.15) is 19.2 Å². The number of ether oxygens (including phenoxy) is 3. The first kappa shape index (κ1) is 32.1. The first-order chi connectivity index (χ1) is 20.0. The third-order valence-electron chi connectivity index (χ3n) is 6.82. The number of carboxylic acids is 1. The second-order valence-corrected chi connectivity index (χ2v) is 10.1. The van der Waals surface area contributed by atoms with E-state index in [1.165, 1.54) is 37.3 Å². The minimum absolute atomic E-state index is 0.0419. The molecule has 0 spiro atoms. The maximum absolute atomic E-state index is 14.0. The highest BCUT2D eigenvalue weighted by molar-refractivity contribution is 6.00. The van der Waals surface area contributed by atoms with Crippen molar-refractivity contribution in [1.29, 1.82) is 0 Å². The van der Waals surface area contributed by atoms with Gasteiger partial charge in [0.2, 0.25) is 5.91 Å². The van der Waals surface area contributed by atoms with Gasteiger partial charge in [-0.25, -0.2) is 4.79 Å². The molecular formula is C30H37N3O9. The number of benzene rings is 2. The fourth-order valence-corrected chi connectivity index (χ4v) is 4.78. The summed E-state index contributed by atoms with van der Waals surface area (Å²) >= 11 is 0. The Morgan fingerprint density at radius 1 is 1.00 bits per heavy atom. The summed E-state index contributed by atoms with van der Waals surface area (Å²) < 4.78 is 15.8. The van der Waals surface area contributed by atoms with Crippen molar-refractivity contribution in [2.24, 2.45) is 5.92 Å². The number of aliphatic hydroxyl groups is 1. The molecule has 3 N–H and O–H groups in total. The SMILES string of the molecule is COCC(=O)N1C=C(c2ccc(OC)c(OC)c2)N(CC(=O)N[C@@H](Cc2ccccc2)C(O)C(=O)O)C(=O)C1C(C)C. The van der Waals surface area contributed by atoms with Crippen LogP contribution in [0.25, 0.3) is 5.70 Å². The molecule has 1 aliphatic heterocycles. The summed E-state index contributed by atoms with van der Waals surface area (Å²) in [6.45, 7) is 2.79. The topological polar surface area (TPSA) is 155 Å². The molecule has 12 nitrogen and oxygen atoms in total. The van der Waals surface area contributed by atoms with E-state index in [0.717, 1.165) is 0 Å². The molecule has 12 heteroatoms. The Bertz CT molecular complexity index is 1310. The number of carbonyl (C=O) groups excluding carboxylic acids is 3. The molecule has 3 amide bonds. The van der Waals surface area contributed by atoms with Crippen molar-refractivity contribution in [3.63, 3.8) is 0 Å². The average molecular weight is 584 g/mol. The zero-order valence-electron chi connectivity index (χ0n) is 24.3. The standard InChI is InChI=1S/C30H37N3O9/c1-18(2)27-29(37)32(16-25(34)31-21(28(36)30(38)39)13-19-9-7-6-8-10-19)22(15-33(27)26(35)17-40-3)20-11-12-23(41-4)24(14-20)42-5/h6-12,14-15,18,21,27-28,36H,13,16-17H2,1-5H3,(H,31,34)(H,38,39)/t21-,27?,28?/m0/s1. The third-order valence-corrected chi connectivity index (χ3v) is 6.82. The lowest BCUT2D eigenvalue weighted by atomic mass is 9.96. The van der Waals surface area contributed by atoms with Gasteiger partial charge in [-0.05, 0) is 36.1 Å². The van der Waals surface area contributed by atoms with Gasteiger partial charge in [-0.3, -0.25) is 19.3 Å². The third kappa shape index (κ3) is 7.45. The van der Waals surface area contributed by atoms with Gasteiger partial charge in [-0.15, -0.1) is 0 Å². The highest BCUT2D eigenvalue weighted by atomic mass is 16.5. The number of hydrogen-bond donors (Lipinski definition) is 3. The fourth-order valence-electron chi connectivity index (χ4n) is 4.78. The highest BCUT2D eigenvalue weighted by Crippen LogP contribution is 2.35. The van der Waals surface area contributed by atoms with Gasteiger partial charge >= 0.3 is 5.97 Å². The van der Waals surface area contributed by atoms with Crippen molar-refractivity contribution in [3.8, 4) is 11.5 Å². The van der Waals surface area contributed by atoms with Crippen LogP contribution < -0.4 is 14.8 Å². The molecule has 226 valence electrons. The Labute approximate surface area is 244 Å². The van der Waals surface area contributed by atoms with E-state index in [1.807, 2.05) is 0 Å². The Kier molecular flexibility index (Phi) is 11.1. The molecule has 0 aromatic heterocycles. The van der Waals surface area contributed by atoms with Gasteiger partial charge < -0.3 is 34.6 Å². The molecule has 0 fully saturated rings. The minimum Gasteiger partial charge on any atom is -0.493 e. The Hall–Kier alpha value is -4.42. The molecule has 0 radical (unpaired) electrons. The Morgan fingerprint density at radius 2 is 1.67 bits per heavy atom. The Morgan fingerprint density at radius 3 is 2.24 bits per heavy atom. The second kappa shape index (κ2) is 14.5. The minimum atomic E-state index is -1.89. The van der Waals surface area contributed by atoms with Crippen LogP contribution in [0.15, 0.2) is 54.7 Å². The number of rotatable bonds is 13. The van der Waals surface area contributed by atoms with Crippen LogP contribution in [0.1, 0.15) is 25.0 Å². The van der Waals surface area contributed by atoms with Crippen LogP contribution >= 0.6 is 0 Å². The van der Waals surface area contributed by atoms with Gasteiger partial charge in [0.25, 0.3) is 11.8 Å². The molecule has 2 aromatic rings. The van der Waals surface area contributed by atoms with Gasteiger partial charge in [-0.2, -0.15) is 0 Å². The molecular weight excluding hydrogens is 546 g/mol. The van der Waals surface area contributed by atoms with Crippen molar-refractivity contribution in [1.82, 2.24) is 15.1 Å². The number of nitrogens with zero attached hydrogens (tertiary/aromatic N) is 2. The van der Waals surface area contributed by atoms with Crippen LogP contribution in [0, 0.1) is 5.92 Å². The second-order valence-electron chi connectivity index (χ2n) is 10.1. The van der Waals surface area contributed by atoms with Crippen LogP contribution in [0.2, 0.25) is 0 Å². The molecule has 42 heavy (non-hydrogen) atoms. The highest BCUT2D eigenvalue weighted by Gasteiger charge is 2.41. The summed E-state index contributed by atoms with van der Waals surface area (Å²) in [6.07, 6.45) is -0.354. The molecule has 2 aromatic carbocycles. The normalized spacial score (nSPS) is 16.5. The first-order valence-corrected chi connectivity index (χ1v) is 13.3. The summed E-state index contributed by atoms with van der Waals surface area (Å²) in [4.78, 5) is 54.6. The molecule has 0 saturated carbocycles. The molecule has 0 aliphatic carbocycles. The molecule has 0 bridgehead atoms. The van der Waals surface area contributed by atoms with Gasteiger partial charge in [-0.1, -0.05) is 44.2 Å². The van der Waals surface area contributed by atoms with Gasteiger partial charge in [0, 0.05) is 18.9 Å². The van der Waals surface area contributed by atoms with Gasteiger partial charge in [0.15, 0.2) is 17.6 Å². The number of aliphatic hydroxyl groups excluding tert-OH is 1. The Balaban J connectivity index is 2.03. The summed E-state index contributed by atoms with van der Waals surface area (Å²) in [6, 6.07) is 11.6. The number of hydrogen-bond acceptors (Lipinski definition) is 8. The fraction of sp³-hybridized carbons (Fsp3) is 0.400. The van der Waals surface area contributed by atoms with Crippen molar-refractivity contribution in [3.05, 3.63) is 65.9 Å². The number of nitrogens with one attached hydrogen (secondary N) is 1. The summed E-state index contributed by atoms with van der Waals surface area (Å²) in [5.41, 5.74) is 1.39. The van der Waals surface area contributed by atoms with E-state index in [0.29, 0.717) is 22.6 Å². The van der Waals surface area contributed by atoms with Crippen molar-refractivity contribution in [2.75, 3.05) is 34.5 Å². The zero-order chi connectivity index (χ0) is 31.0. The van der Waals surface area contributed by atoms with E-state index < -0.39 is 48.4 Å². The molecule has 1 aliphatic rings. The molecule has 2 unspecified atom stereocenters. The van der Waals surface area contributed by atoms with Crippen molar-refractivity contribution >= 4 is 29.4 Å². The monoisotopic (exact) mass is 583 g/mol. The van der Waals surface area contributed by atoms with Gasteiger partial charge in [0.05, 0.1) is 26.0 Å². The number of aliphatic carboxylic acids is 1. The lowest BCUT2D eigenvalue weighted by Gasteiger charge is -2.41. The smallest absolute Gasteiger partial charge is 0.334 e. The van der Waals surface area contributed by atoms with E-state index in [1.54, 1.807) is 62.4 Å². The molecule has 3 rings (SSSR count). The van der Waals surface area contributed by atoms with Crippen molar-refractivity contribution in [2.45, 2.75) is 38.5 Å². The largest absolute Gasteiger partial charge is 0.493 e. The van der Waals surface area contributed by atoms with Crippen LogP contribution in [0.4, 0.5) is 0 Å². The van der Waals surface area contributed by atoms with E-state index in [9.17, 15) is 29.4 Å². The lowest BCUT2D eigenvalue weighted by Crippen LogP contribution is -2.58. The maximum Gasteiger partial charge on any atom is 0.334 e. The summed E-state index contributed by atoms with van der Waals surface area (Å²) in [7, 11) is 4.31. The number of methoxy groups -OCH3 is 3. The predicted molar refractivity (Wildman–Crippen MR) is 152 cm³/mol. The zero-order valence-corrected chi connectivity index (χ0v) is 24.3. The van der Waals surface area contributed by atoms with Crippen LogP contribution in [-0.4, -0.2) is 96.4 Å². The number of carbonyl (C=O) groups is 4. The first-order valence-electron chi connectivity index (χ1n) is 13.3. The quantitative estimate of drug-likeness (QED) is 0.318. The number of amides is 3. The molecule has 0 saturated heterocycles. The lowest BCUT2D eigenvalue weighted by molar-refractivity contribution is -0.149. The molecule has 3 atom stereocenters. The van der Waals surface area contributed by atoms with E-state index in [4.69, 9.17) is 14.2 Å². The average Bonchev–Trinajstić information content (AvgIpc) is 2.97. The van der Waals surface area contributed by atoms with E-state index in [2.05, 4.69) is 5.32 Å². The van der Waals surface area contributed by atoms with E-state index in [-0.39, 0.29) is 24.6 Å². The molecule has 1 heterocycles. The predicted octanol–water partition coefficient (Wildman–Crippen LogP) is 1.52. The van der Waals surface area contributed by atoms with Crippen LogP contribution in [-0.2, 0) is 30.3 Å². The number of carboxylic acid groups (broad SMARTS) is 1. The summed E-state index contributed by atoms with van der Waals surface area (Å²) in [5, 5.41) is 22.4. The van der Waals surface area contributed by atoms with Crippen LogP contribution in [0.5, 0.6) is 11.5 Å². The van der Waals surface area contributed by atoms with Crippen molar-refractivity contribution < 1.29 is 43.6 Å². The summed E-state index contributed by atoms with van der Waals surface area (Å²) in [5.74, 6) is -2.69. The van der Waals surface area contributed by atoms with Crippen LogP contribution in [0.3, 0.4) is 0 Å².